The van der Waals surface area contributed by atoms with Gasteiger partial charge < -0.3 is 10.4 Å². The van der Waals surface area contributed by atoms with Crippen molar-refractivity contribution in [2.45, 2.75) is 12.7 Å². The van der Waals surface area contributed by atoms with Gasteiger partial charge in [0.1, 0.15) is 11.4 Å². The summed E-state index contributed by atoms with van der Waals surface area (Å²) in [4.78, 5) is 22.3. The van der Waals surface area contributed by atoms with Gasteiger partial charge >= 0.3 is 12.1 Å². The number of alkyl halides is 3. The topological polar surface area (TPSA) is 84.2 Å². The van der Waals surface area contributed by atoms with Gasteiger partial charge in [-0.15, -0.1) is 11.3 Å². The fourth-order valence-corrected chi connectivity index (χ4v) is 2.21. The SMILES string of the molecule is O=C(Cn1ccc(C(F)(F)F)n1)Nc1ccc(C(=O)O)s1. The van der Waals surface area contributed by atoms with Gasteiger partial charge in [-0.05, 0) is 18.2 Å². The van der Waals surface area contributed by atoms with E-state index in [0.29, 0.717) is 5.00 Å². The van der Waals surface area contributed by atoms with E-state index in [0.717, 1.165) is 28.3 Å². The van der Waals surface area contributed by atoms with Gasteiger partial charge in [-0.1, -0.05) is 0 Å². The lowest BCUT2D eigenvalue weighted by Gasteiger charge is -2.03. The summed E-state index contributed by atoms with van der Waals surface area (Å²) >= 11 is 0.848. The maximum absolute atomic E-state index is 12.3. The van der Waals surface area contributed by atoms with Crippen molar-refractivity contribution < 1.29 is 27.9 Å². The minimum atomic E-state index is -4.56. The molecule has 0 bridgehead atoms. The largest absolute Gasteiger partial charge is 0.477 e. The van der Waals surface area contributed by atoms with Crippen LogP contribution in [-0.4, -0.2) is 26.8 Å². The molecule has 0 aliphatic carbocycles. The monoisotopic (exact) mass is 319 g/mol. The third kappa shape index (κ3) is 3.81. The number of aromatic carboxylic acids is 1. The fourth-order valence-electron chi connectivity index (χ4n) is 1.45. The Hall–Kier alpha value is -2.36. The average molecular weight is 319 g/mol. The van der Waals surface area contributed by atoms with Gasteiger partial charge in [0, 0.05) is 6.20 Å². The lowest BCUT2D eigenvalue weighted by Crippen LogP contribution is -2.19. The molecule has 112 valence electrons. The molecule has 1 amide bonds. The number of carboxylic acid groups (broad SMARTS) is 1. The van der Waals surface area contributed by atoms with E-state index in [1.807, 2.05) is 0 Å². The Morgan fingerprint density at radius 1 is 1.33 bits per heavy atom. The average Bonchev–Trinajstić information content (AvgIpc) is 2.97. The van der Waals surface area contributed by atoms with Crippen molar-refractivity contribution in [1.29, 1.82) is 0 Å². The zero-order valence-electron chi connectivity index (χ0n) is 10.2. The number of anilines is 1. The zero-order chi connectivity index (χ0) is 15.6. The molecular weight excluding hydrogens is 311 g/mol. The quantitative estimate of drug-likeness (QED) is 0.905. The van der Waals surface area contributed by atoms with E-state index in [2.05, 4.69) is 10.4 Å². The zero-order valence-corrected chi connectivity index (χ0v) is 11.0. The van der Waals surface area contributed by atoms with E-state index in [9.17, 15) is 22.8 Å². The summed E-state index contributed by atoms with van der Waals surface area (Å²) in [6.07, 6.45) is -3.52. The van der Waals surface area contributed by atoms with Crippen molar-refractivity contribution in [1.82, 2.24) is 9.78 Å². The number of rotatable bonds is 4. The van der Waals surface area contributed by atoms with Crippen molar-refractivity contribution in [2.75, 3.05) is 5.32 Å². The number of amides is 1. The molecule has 0 radical (unpaired) electrons. The first-order chi connectivity index (χ1) is 9.75. The van der Waals surface area contributed by atoms with Crippen molar-refractivity contribution >= 4 is 28.2 Å². The molecule has 2 N–H and O–H groups in total. The molecule has 0 saturated carbocycles. The first-order valence-electron chi connectivity index (χ1n) is 5.49. The summed E-state index contributed by atoms with van der Waals surface area (Å²) < 4.78 is 37.9. The number of aromatic nitrogens is 2. The van der Waals surface area contributed by atoms with Crippen LogP contribution in [0.1, 0.15) is 15.4 Å². The molecule has 0 saturated heterocycles. The van der Waals surface area contributed by atoms with E-state index in [4.69, 9.17) is 5.11 Å². The number of carbonyl (C=O) groups excluding carboxylic acids is 1. The number of carbonyl (C=O) groups is 2. The van der Waals surface area contributed by atoms with Gasteiger partial charge in [0.05, 0.1) is 5.00 Å². The highest BCUT2D eigenvalue weighted by molar-refractivity contribution is 7.18. The van der Waals surface area contributed by atoms with Gasteiger partial charge in [0.15, 0.2) is 5.69 Å². The second-order valence-corrected chi connectivity index (χ2v) is 5.00. The van der Waals surface area contributed by atoms with Crippen LogP contribution in [0.15, 0.2) is 24.4 Å². The van der Waals surface area contributed by atoms with E-state index in [1.54, 1.807) is 0 Å². The number of thiophene rings is 1. The molecule has 2 heterocycles. The predicted octanol–water partition coefficient (Wildman–Crippen LogP) is 2.30. The molecule has 2 aromatic rings. The van der Waals surface area contributed by atoms with Crippen LogP contribution in [0.2, 0.25) is 0 Å². The van der Waals surface area contributed by atoms with E-state index < -0.39 is 30.3 Å². The van der Waals surface area contributed by atoms with Crippen LogP contribution in [0.4, 0.5) is 18.2 Å². The van der Waals surface area contributed by atoms with Gasteiger partial charge in [-0.2, -0.15) is 18.3 Å². The lowest BCUT2D eigenvalue weighted by atomic mass is 10.4. The highest BCUT2D eigenvalue weighted by atomic mass is 32.1. The van der Waals surface area contributed by atoms with Gasteiger partial charge in [-0.3, -0.25) is 9.48 Å². The van der Waals surface area contributed by atoms with E-state index in [-0.39, 0.29) is 4.88 Å². The van der Waals surface area contributed by atoms with Crippen molar-refractivity contribution in [3.8, 4) is 0 Å². The number of nitrogens with zero attached hydrogens (tertiary/aromatic N) is 2. The molecule has 0 atom stereocenters. The summed E-state index contributed by atoms with van der Waals surface area (Å²) in [5.41, 5.74) is -1.08. The Morgan fingerprint density at radius 3 is 2.57 bits per heavy atom. The van der Waals surface area contributed by atoms with E-state index in [1.165, 1.54) is 12.1 Å². The number of carboxylic acids is 1. The normalized spacial score (nSPS) is 11.4. The van der Waals surface area contributed by atoms with Crippen molar-refractivity contribution in [3.63, 3.8) is 0 Å². The number of hydrogen-bond donors (Lipinski definition) is 2. The maximum atomic E-state index is 12.3. The lowest BCUT2D eigenvalue weighted by molar-refractivity contribution is -0.141. The molecule has 21 heavy (non-hydrogen) atoms. The van der Waals surface area contributed by atoms with Gasteiger partial charge in [0.2, 0.25) is 5.91 Å². The molecule has 0 aliphatic rings. The van der Waals surface area contributed by atoms with Gasteiger partial charge in [-0.25, -0.2) is 4.79 Å². The second-order valence-electron chi connectivity index (χ2n) is 3.91. The van der Waals surface area contributed by atoms with Crippen LogP contribution >= 0.6 is 11.3 Å². The van der Waals surface area contributed by atoms with Crippen LogP contribution in [0.3, 0.4) is 0 Å². The molecule has 0 aromatic carbocycles. The first kappa shape index (κ1) is 15.0. The molecule has 0 spiro atoms. The molecule has 2 aromatic heterocycles. The van der Waals surface area contributed by atoms with Crippen LogP contribution in [0.5, 0.6) is 0 Å². The summed E-state index contributed by atoms with van der Waals surface area (Å²) in [6.45, 7) is -0.406. The molecule has 10 heteroatoms. The molecule has 0 aliphatic heterocycles. The van der Waals surface area contributed by atoms with Crippen LogP contribution in [0, 0.1) is 0 Å². The Bertz CT molecular complexity index is 678. The molecule has 0 unspecified atom stereocenters. The third-order valence-corrected chi connectivity index (χ3v) is 3.30. The third-order valence-electron chi connectivity index (χ3n) is 2.32. The van der Waals surface area contributed by atoms with Crippen molar-refractivity contribution in [2.24, 2.45) is 0 Å². The molecule has 6 nitrogen and oxygen atoms in total. The second kappa shape index (κ2) is 5.56. The standard InChI is InChI=1S/C11H8F3N3O3S/c12-11(13,14)7-3-4-17(16-7)5-8(18)15-9-2-1-6(21-9)10(19)20/h1-4H,5H2,(H,15,18)(H,19,20). The number of nitrogens with one attached hydrogen (secondary N) is 1. The summed E-state index contributed by atoms with van der Waals surface area (Å²) in [6, 6.07) is 3.48. The van der Waals surface area contributed by atoms with E-state index >= 15 is 0 Å². The van der Waals surface area contributed by atoms with Crippen LogP contribution in [0.25, 0.3) is 0 Å². The molecular formula is C11H8F3N3O3S. The minimum absolute atomic E-state index is 0.0451. The van der Waals surface area contributed by atoms with Crippen LogP contribution < -0.4 is 5.32 Å². The Labute approximate surface area is 119 Å². The molecule has 2 rings (SSSR count). The van der Waals surface area contributed by atoms with Gasteiger partial charge in [0.25, 0.3) is 0 Å². The number of hydrogen-bond acceptors (Lipinski definition) is 4. The smallest absolute Gasteiger partial charge is 0.435 e. The Balaban J connectivity index is 1.98. The maximum Gasteiger partial charge on any atom is 0.435 e. The summed E-state index contributed by atoms with van der Waals surface area (Å²) in [7, 11) is 0. The summed E-state index contributed by atoms with van der Waals surface area (Å²) in [5.74, 6) is -1.73. The summed E-state index contributed by atoms with van der Waals surface area (Å²) in [5, 5.41) is 14.6. The minimum Gasteiger partial charge on any atom is -0.477 e. The predicted molar refractivity (Wildman–Crippen MR) is 67.1 cm³/mol. The Morgan fingerprint density at radius 2 is 2.05 bits per heavy atom. The number of halogens is 3. The highest BCUT2D eigenvalue weighted by Crippen LogP contribution is 2.27. The first-order valence-corrected chi connectivity index (χ1v) is 6.31. The fraction of sp³-hybridized carbons (Fsp3) is 0.182. The molecule has 0 fully saturated rings. The Kier molecular flexibility index (Phi) is 3.98. The highest BCUT2D eigenvalue weighted by Gasteiger charge is 2.33. The van der Waals surface area contributed by atoms with Crippen LogP contribution in [-0.2, 0) is 17.5 Å². The van der Waals surface area contributed by atoms with Crippen molar-refractivity contribution in [3.05, 3.63) is 35.0 Å².